The van der Waals surface area contributed by atoms with E-state index in [9.17, 15) is 25.0 Å². The summed E-state index contributed by atoms with van der Waals surface area (Å²) in [6.07, 6.45) is 0. The Morgan fingerprint density at radius 1 is 1.09 bits per heavy atom. The molecule has 0 atom stereocenters. The van der Waals surface area contributed by atoms with Gasteiger partial charge in [-0.2, -0.15) is 0 Å². The second-order valence-electron chi connectivity index (χ2n) is 6.97. The third kappa shape index (κ3) is 5.24. The van der Waals surface area contributed by atoms with Gasteiger partial charge in [0.25, 0.3) is 11.4 Å². The van der Waals surface area contributed by atoms with Gasteiger partial charge >= 0.3 is 5.97 Å². The number of piperazine rings is 1. The molecule has 11 nitrogen and oxygen atoms in total. The number of carbonyl (C=O) groups is 1. The summed E-state index contributed by atoms with van der Waals surface area (Å²) < 4.78 is 10.4. The number of hydrogen-bond acceptors (Lipinski definition) is 9. The number of nitro benzene ring substituents is 2. The van der Waals surface area contributed by atoms with Crippen LogP contribution in [0, 0.1) is 20.2 Å². The molecule has 1 aliphatic rings. The summed E-state index contributed by atoms with van der Waals surface area (Å²) in [5, 5.41) is 23.3. The van der Waals surface area contributed by atoms with Crippen molar-refractivity contribution < 1.29 is 24.1 Å². The molecule has 2 aromatic rings. The van der Waals surface area contributed by atoms with Crippen LogP contribution in [0.15, 0.2) is 36.4 Å². The summed E-state index contributed by atoms with van der Waals surface area (Å²) in [7, 11) is 1.12. The molecule has 0 aliphatic carbocycles. The zero-order chi connectivity index (χ0) is 23.3. The summed E-state index contributed by atoms with van der Waals surface area (Å²) >= 11 is 6.08. The van der Waals surface area contributed by atoms with E-state index in [1.54, 1.807) is 17.0 Å². The molecule has 1 saturated heterocycles. The summed E-state index contributed by atoms with van der Waals surface area (Å²) in [5.41, 5.74) is -1.23. The number of non-ortho nitro benzene ring substituents is 1. The molecule has 0 bridgehead atoms. The Kier molecular flexibility index (Phi) is 7.44. The molecule has 1 heterocycles. The van der Waals surface area contributed by atoms with Gasteiger partial charge in [-0.15, -0.1) is 0 Å². The van der Waals surface area contributed by atoms with Gasteiger partial charge in [-0.25, -0.2) is 4.79 Å². The molecule has 170 valence electrons. The fourth-order valence-electron chi connectivity index (χ4n) is 3.49. The molecule has 0 unspecified atom stereocenters. The van der Waals surface area contributed by atoms with Gasteiger partial charge in [-0.05, 0) is 12.1 Å². The second kappa shape index (κ2) is 10.2. The standard InChI is InChI=1S/C20H21ClN4O7/c1-31-20(26)15-12-14(24(27)28)13-17(25(29)30)19(15)23-8-6-22(7-9-23)10-11-32-18-5-3-2-4-16(18)21/h2-5,12-13H,6-11H2,1H3. The number of methoxy groups -OCH3 is 1. The number of hydrogen-bond donors (Lipinski definition) is 0. The van der Waals surface area contributed by atoms with Crippen molar-refractivity contribution in [2.75, 3.05) is 51.3 Å². The lowest BCUT2D eigenvalue weighted by molar-refractivity contribution is -0.393. The van der Waals surface area contributed by atoms with Crippen LogP contribution in [0.3, 0.4) is 0 Å². The van der Waals surface area contributed by atoms with Crippen molar-refractivity contribution in [2.45, 2.75) is 0 Å². The van der Waals surface area contributed by atoms with Gasteiger partial charge < -0.3 is 14.4 Å². The van der Waals surface area contributed by atoms with E-state index in [2.05, 4.69) is 4.90 Å². The monoisotopic (exact) mass is 464 g/mol. The molecule has 0 N–H and O–H groups in total. The number of ether oxygens (including phenoxy) is 2. The Hall–Kier alpha value is -3.44. The maximum atomic E-state index is 12.3. The molecule has 12 heteroatoms. The van der Waals surface area contributed by atoms with Crippen molar-refractivity contribution in [3.8, 4) is 5.75 Å². The highest BCUT2D eigenvalue weighted by Gasteiger charge is 2.32. The van der Waals surface area contributed by atoms with Crippen LogP contribution < -0.4 is 9.64 Å². The molecule has 1 fully saturated rings. The Balaban J connectivity index is 1.72. The first kappa shape index (κ1) is 23.2. The van der Waals surface area contributed by atoms with Crippen LogP contribution in [-0.4, -0.2) is 67.2 Å². The third-order valence-corrected chi connectivity index (χ3v) is 5.39. The zero-order valence-electron chi connectivity index (χ0n) is 17.2. The molecule has 0 spiro atoms. The van der Waals surface area contributed by atoms with Crippen LogP contribution in [0.4, 0.5) is 17.1 Å². The number of para-hydroxylation sites is 1. The first-order valence-electron chi connectivity index (χ1n) is 9.71. The quantitative estimate of drug-likeness (QED) is 0.328. The zero-order valence-corrected chi connectivity index (χ0v) is 18.0. The van der Waals surface area contributed by atoms with Gasteiger partial charge in [-0.3, -0.25) is 25.1 Å². The number of halogens is 1. The lowest BCUT2D eigenvalue weighted by Crippen LogP contribution is -2.48. The number of nitro groups is 2. The number of rotatable bonds is 8. The lowest BCUT2D eigenvalue weighted by Gasteiger charge is -2.36. The van der Waals surface area contributed by atoms with E-state index < -0.39 is 27.2 Å². The minimum atomic E-state index is -0.873. The molecular formula is C20H21ClN4O7. The van der Waals surface area contributed by atoms with Crippen molar-refractivity contribution >= 4 is 34.6 Å². The summed E-state index contributed by atoms with van der Waals surface area (Å²) in [4.78, 5) is 37.4. The highest BCUT2D eigenvalue weighted by Crippen LogP contribution is 2.37. The Morgan fingerprint density at radius 3 is 2.38 bits per heavy atom. The van der Waals surface area contributed by atoms with E-state index in [1.165, 1.54) is 0 Å². The predicted octanol–water partition coefficient (Wildman–Crippen LogP) is 3.14. The minimum absolute atomic E-state index is 0.0272. The van der Waals surface area contributed by atoms with Gasteiger partial charge in [0.15, 0.2) is 0 Å². The SMILES string of the molecule is COC(=O)c1cc([N+](=O)[O-])cc([N+](=O)[O-])c1N1CCN(CCOc2ccccc2Cl)CC1. The highest BCUT2D eigenvalue weighted by molar-refractivity contribution is 6.32. The van der Waals surface area contributed by atoms with Crippen LogP contribution in [-0.2, 0) is 4.74 Å². The Labute approximate surface area is 188 Å². The van der Waals surface area contributed by atoms with Crippen molar-refractivity contribution in [3.63, 3.8) is 0 Å². The number of benzene rings is 2. The van der Waals surface area contributed by atoms with Gasteiger partial charge in [0.2, 0.25) is 0 Å². The molecule has 3 rings (SSSR count). The molecule has 0 radical (unpaired) electrons. The lowest BCUT2D eigenvalue weighted by atomic mass is 10.1. The van der Waals surface area contributed by atoms with Crippen molar-refractivity contribution in [3.05, 3.63) is 67.2 Å². The summed E-state index contributed by atoms with van der Waals surface area (Å²) in [5.74, 6) is -0.278. The Bertz CT molecular complexity index is 1030. The number of nitrogens with zero attached hydrogens (tertiary/aromatic N) is 4. The van der Waals surface area contributed by atoms with E-state index in [1.807, 2.05) is 12.1 Å². The summed E-state index contributed by atoms with van der Waals surface area (Å²) in [6.45, 7) is 2.91. The average Bonchev–Trinajstić information content (AvgIpc) is 2.79. The molecule has 32 heavy (non-hydrogen) atoms. The highest BCUT2D eigenvalue weighted by atomic mass is 35.5. The number of esters is 1. The first-order valence-corrected chi connectivity index (χ1v) is 10.1. The fraction of sp³-hybridized carbons (Fsp3) is 0.350. The Morgan fingerprint density at radius 2 is 1.78 bits per heavy atom. The van der Waals surface area contributed by atoms with E-state index in [-0.39, 0.29) is 11.3 Å². The molecule has 0 saturated carbocycles. The maximum absolute atomic E-state index is 12.3. The van der Waals surface area contributed by atoms with E-state index >= 15 is 0 Å². The van der Waals surface area contributed by atoms with Crippen LogP contribution in [0.5, 0.6) is 5.75 Å². The van der Waals surface area contributed by atoms with Crippen LogP contribution in [0.25, 0.3) is 0 Å². The third-order valence-electron chi connectivity index (χ3n) is 5.08. The van der Waals surface area contributed by atoms with Gasteiger partial charge in [-0.1, -0.05) is 23.7 Å². The van der Waals surface area contributed by atoms with E-state index in [0.29, 0.717) is 50.1 Å². The van der Waals surface area contributed by atoms with Crippen molar-refractivity contribution in [1.82, 2.24) is 4.90 Å². The minimum Gasteiger partial charge on any atom is -0.491 e. The number of anilines is 1. The van der Waals surface area contributed by atoms with Gasteiger partial charge in [0.1, 0.15) is 18.0 Å². The maximum Gasteiger partial charge on any atom is 0.340 e. The topological polar surface area (TPSA) is 128 Å². The largest absolute Gasteiger partial charge is 0.491 e. The van der Waals surface area contributed by atoms with Crippen LogP contribution in [0.1, 0.15) is 10.4 Å². The normalized spacial score (nSPS) is 14.1. The van der Waals surface area contributed by atoms with Gasteiger partial charge in [0.05, 0.1) is 33.6 Å². The summed E-state index contributed by atoms with van der Waals surface area (Å²) in [6, 6.07) is 9.04. The smallest absolute Gasteiger partial charge is 0.340 e. The molecular weight excluding hydrogens is 444 g/mol. The van der Waals surface area contributed by atoms with E-state index in [4.69, 9.17) is 21.1 Å². The van der Waals surface area contributed by atoms with Crippen molar-refractivity contribution in [2.24, 2.45) is 0 Å². The van der Waals surface area contributed by atoms with E-state index in [0.717, 1.165) is 19.2 Å². The molecule has 0 aromatic heterocycles. The van der Waals surface area contributed by atoms with Gasteiger partial charge in [0, 0.05) is 38.8 Å². The predicted molar refractivity (Wildman–Crippen MR) is 117 cm³/mol. The molecule has 2 aromatic carbocycles. The second-order valence-corrected chi connectivity index (χ2v) is 7.38. The molecule has 0 amide bonds. The average molecular weight is 465 g/mol. The molecule has 1 aliphatic heterocycles. The van der Waals surface area contributed by atoms with Crippen molar-refractivity contribution in [1.29, 1.82) is 0 Å². The van der Waals surface area contributed by atoms with Crippen LogP contribution in [0.2, 0.25) is 5.02 Å². The van der Waals surface area contributed by atoms with Crippen LogP contribution >= 0.6 is 11.6 Å². The first-order chi connectivity index (χ1) is 15.3. The fourth-order valence-corrected chi connectivity index (χ4v) is 3.68. The number of carbonyl (C=O) groups excluding carboxylic acids is 1.